The Labute approximate surface area is 200 Å². The van der Waals surface area contributed by atoms with Crippen molar-refractivity contribution in [3.8, 4) is 11.1 Å². The van der Waals surface area contributed by atoms with E-state index >= 15 is 0 Å². The van der Waals surface area contributed by atoms with Gasteiger partial charge < -0.3 is 10.1 Å². The molecule has 1 saturated heterocycles. The quantitative estimate of drug-likeness (QED) is 0.334. The molecule has 0 spiro atoms. The van der Waals surface area contributed by atoms with Gasteiger partial charge in [0.2, 0.25) is 10.0 Å². The highest BCUT2D eigenvalue weighted by atomic mass is 32.3. The van der Waals surface area contributed by atoms with Gasteiger partial charge in [-0.1, -0.05) is 32.9 Å². The zero-order chi connectivity index (χ0) is 24.9. The van der Waals surface area contributed by atoms with Gasteiger partial charge in [0.1, 0.15) is 11.6 Å². The van der Waals surface area contributed by atoms with Crippen LogP contribution in [0.25, 0.3) is 22.2 Å². The first-order valence-electron chi connectivity index (χ1n) is 10.8. The number of carboxylic acids is 1. The van der Waals surface area contributed by atoms with Gasteiger partial charge >= 0.3 is 5.97 Å². The molecule has 4 rings (SSSR count). The highest BCUT2D eigenvalue weighted by Gasteiger charge is 2.34. The molecule has 0 bridgehead atoms. The first kappa shape index (κ1) is 24.7. The van der Waals surface area contributed by atoms with Gasteiger partial charge in [-0.2, -0.15) is 10.6 Å². The molecule has 2 atom stereocenters. The summed E-state index contributed by atoms with van der Waals surface area (Å²) in [7, 11) is -6.52. The maximum atomic E-state index is 12.8. The van der Waals surface area contributed by atoms with Crippen molar-refractivity contribution in [3.63, 3.8) is 0 Å². The lowest BCUT2D eigenvalue weighted by molar-refractivity contribution is -0.141. The Morgan fingerprint density at radius 1 is 1.21 bits per heavy atom. The number of benzene rings is 1. The van der Waals surface area contributed by atoms with Gasteiger partial charge in [0.15, 0.2) is 0 Å². The number of rotatable bonds is 6. The van der Waals surface area contributed by atoms with Gasteiger partial charge in [0.05, 0.1) is 10.6 Å². The third-order valence-electron chi connectivity index (χ3n) is 6.04. The molecule has 2 unspecified atom stereocenters. The van der Waals surface area contributed by atoms with Crippen molar-refractivity contribution in [2.45, 2.75) is 44.0 Å². The predicted octanol–water partition coefficient (Wildman–Crippen LogP) is 4.25. The summed E-state index contributed by atoms with van der Waals surface area (Å²) >= 11 is 0. The molecule has 9 nitrogen and oxygen atoms in total. The molecule has 34 heavy (non-hydrogen) atoms. The second kappa shape index (κ2) is 8.65. The molecule has 2 aromatic heterocycles. The van der Waals surface area contributed by atoms with Crippen LogP contribution in [0.1, 0.15) is 38.8 Å². The Hall–Kier alpha value is -2.44. The number of carboxylic acid groups (broad SMARTS) is 1. The topological polar surface area (TPSA) is 153 Å². The molecule has 5 N–H and O–H groups in total. The first-order valence-corrected chi connectivity index (χ1v) is 14.2. The van der Waals surface area contributed by atoms with Gasteiger partial charge in [-0.25, -0.2) is 18.1 Å². The number of hydrogen-bond donors (Lipinski definition) is 5. The predicted molar refractivity (Wildman–Crippen MR) is 133 cm³/mol. The van der Waals surface area contributed by atoms with E-state index in [0.717, 1.165) is 16.5 Å². The Morgan fingerprint density at radius 2 is 1.88 bits per heavy atom. The highest BCUT2D eigenvalue weighted by Crippen LogP contribution is 2.46. The third-order valence-corrected chi connectivity index (χ3v) is 9.40. The first-order chi connectivity index (χ1) is 15.8. The Kier molecular flexibility index (Phi) is 6.28. The minimum atomic E-state index is -3.81. The van der Waals surface area contributed by atoms with Crippen LogP contribution in [0.3, 0.4) is 0 Å². The van der Waals surface area contributed by atoms with E-state index < -0.39 is 44.0 Å². The lowest BCUT2D eigenvalue weighted by Crippen LogP contribution is -2.35. The molecule has 0 saturated carbocycles. The molecule has 11 heteroatoms. The van der Waals surface area contributed by atoms with Crippen LogP contribution in [0.5, 0.6) is 0 Å². The van der Waals surface area contributed by atoms with Crippen molar-refractivity contribution in [2.24, 2.45) is 5.41 Å². The molecule has 1 aliphatic heterocycles. The normalized spacial score (nSPS) is 20.3. The van der Waals surface area contributed by atoms with Crippen LogP contribution >= 0.6 is 10.6 Å². The third kappa shape index (κ3) is 4.98. The van der Waals surface area contributed by atoms with Gasteiger partial charge in [0, 0.05) is 29.1 Å². The molecule has 0 amide bonds. The number of aliphatic carboxylic acids is 1. The number of aromatic nitrogens is 2. The smallest absolute Gasteiger partial charge is 0.313 e. The van der Waals surface area contributed by atoms with E-state index in [-0.39, 0.29) is 16.4 Å². The lowest BCUT2D eigenvalue weighted by Gasteiger charge is -2.26. The minimum absolute atomic E-state index is 0.0288. The average Bonchev–Trinajstić information content (AvgIpc) is 3.28. The monoisotopic (exact) mass is 507 g/mol. The van der Waals surface area contributed by atoms with E-state index in [0.29, 0.717) is 17.8 Å². The van der Waals surface area contributed by atoms with E-state index in [1.54, 1.807) is 30.5 Å². The van der Waals surface area contributed by atoms with Crippen molar-refractivity contribution >= 4 is 37.6 Å². The standard InChI is InChI=1S/C23H29N3O6S2/c1-23(2,3)20(22(27)28)19-12-18-17(8-10-24-21(18)25-19)14-4-6-16(7-5-14)34(31,32)26-15-9-11-33(29,30)13-15/h4-8,10,12,15,20,26,29-30H,9,11,13H2,1-3H3,(H,24,25)(H,27,28). The van der Waals surface area contributed by atoms with Crippen LogP contribution < -0.4 is 4.72 Å². The van der Waals surface area contributed by atoms with Gasteiger partial charge in [-0.05, 0) is 47.2 Å². The number of nitrogens with zero attached hydrogens (tertiary/aromatic N) is 1. The van der Waals surface area contributed by atoms with E-state index in [1.165, 1.54) is 12.1 Å². The summed E-state index contributed by atoms with van der Waals surface area (Å²) in [5, 5.41) is 10.5. The zero-order valence-corrected chi connectivity index (χ0v) is 20.8. The number of fused-ring (bicyclic) bond motifs is 1. The highest BCUT2D eigenvalue weighted by molar-refractivity contribution is 8.24. The van der Waals surface area contributed by atoms with Crippen molar-refractivity contribution < 1.29 is 27.4 Å². The summed E-state index contributed by atoms with van der Waals surface area (Å²) in [5.41, 5.74) is 2.16. The fourth-order valence-corrected chi connectivity index (χ4v) is 7.54. The SMILES string of the molecule is CC(C)(C)C(C(=O)O)c1cc2c(-c3ccc(S(=O)(=O)NC4CCS(O)(O)C4)cc3)ccnc2[nH]1. The number of sulfonamides is 1. The van der Waals surface area contributed by atoms with Gasteiger partial charge in [-0.15, -0.1) is 0 Å². The number of hydrogen-bond acceptors (Lipinski definition) is 6. The Bertz CT molecular complexity index is 1330. The van der Waals surface area contributed by atoms with E-state index in [1.807, 2.05) is 20.8 Å². The van der Waals surface area contributed by atoms with Crippen molar-refractivity contribution in [2.75, 3.05) is 11.5 Å². The summed E-state index contributed by atoms with van der Waals surface area (Å²) in [5.74, 6) is -1.44. The number of nitrogens with one attached hydrogen (secondary N) is 2. The Morgan fingerprint density at radius 3 is 2.44 bits per heavy atom. The minimum Gasteiger partial charge on any atom is -0.481 e. The van der Waals surface area contributed by atoms with Crippen LogP contribution in [0.2, 0.25) is 0 Å². The fraction of sp³-hybridized carbons (Fsp3) is 0.391. The molecule has 3 aromatic rings. The van der Waals surface area contributed by atoms with Crippen molar-refractivity contribution in [1.29, 1.82) is 0 Å². The van der Waals surface area contributed by atoms with Gasteiger partial charge in [0.25, 0.3) is 0 Å². The van der Waals surface area contributed by atoms with Gasteiger partial charge in [-0.3, -0.25) is 13.9 Å². The molecule has 1 aromatic carbocycles. The van der Waals surface area contributed by atoms with Crippen LogP contribution in [-0.4, -0.2) is 56.1 Å². The second-order valence-electron chi connectivity index (χ2n) is 9.79. The summed E-state index contributed by atoms with van der Waals surface area (Å²) in [6, 6.07) is 9.48. The Balaban J connectivity index is 1.64. The molecule has 1 aliphatic rings. The number of H-pyrrole nitrogens is 1. The van der Waals surface area contributed by atoms with E-state index in [9.17, 15) is 27.4 Å². The number of pyridine rings is 1. The molecular formula is C23H29N3O6S2. The maximum Gasteiger partial charge on any atom is 0.313 e. The van der Waals surface area contributed by atoms with Crippen LogP contribution in [-0.2, 0) is 14.8 Å². The van der Waals surface area contributed by atoms with E-state index in [4.69, 9.17) is 0 Å². The van der Waals surface area contributed by atoms with E-state index in [2.05, 4.69) is 14.7 Å². The summed E-state index contributed by atoms with van der Waals surface area (Å²) in [6.07, 6.45) is 2.01. The largest absolute Gasteiger partial charge is 0.481 e. The fourth-order valence-electron chi connectivity index (χ4n) is 4.44. The number of aromatic amines is 1. The average molecular weight is 508 g/mol. The second-order valence-corrected chi connectivity index (χ2v) is 13.8. The summed E-state index contributed by atoms with van der Waals surface area (Å²) in [6.45, 7) is 5.60. The van der Waals surface area contributed by atoms with Crippen LogP contribution in [0.4, 0.5) is 0 Å². The van der Waals surface area contributed by atoms with Crippen LogP contribution in [0.15, 0.2) is 47.5 Å². The molecule has 184 valence electrons. The summed E-state index contributed by atoms with van der Waals surface area (Å²) in [4.78, 5) is 19.5. The summed E-state index contributed by atoms with van der Waals surface area (Å²) < 4.78 is 47.6. The molecule has 3 heterocycles. The lowest BCUT2D eigenvalue weighted by atomic mass is 9.79. The molecule has 1 fully saturated rings. The van der Waals surface area contributed by atoms with Crippen LogP contribution in [0, 0.1) is 5.41 Å². The molecule has 0 radical (unpaired) electrons. The molecular weight excluding hydrogens is 478 g/mol. The van der Waals surface area contributed by atoms with Crippen molar-refractivity contribution in [3.05, 3.63) is 48.3 Å². The van der Waals surface area contributed by atoms with Crippen molar-refractivity contribution in [1.82, 2.24) is 14.7 Å². The zero-order valence-electron chi connectivity index (χ0n) is 19.1. The number of carbonyl (C=O) groups is 1. The molecule has 0 aliphatic carbocycles. The maximum absolute atomic E-state index is 12.8.